The van der Waals surface area contributed by atoms with Crippen LogP contribution in [0, 0.1) is 5.92 Å². The fraction of sp³-hybridized carbons (Fsp3) is 0.579. The van der Waals surface area contributed by atoms with Crippen molar-refractivity contribution in [2.45, 2.75) is 25.9 Å². The van der Waals surface area contributed by atoms with E-state index < -0.39 is 6.10 Å². The number of nitrogens with zero attached hydrogens (tertiary/aromatic N) is 2. The average Bonchev–Trinajstić information content (AvgIpc) is 2.67. The highest BCUT2D eigenvalue weighted by molar-refractivity contribution is 6.30. The Kier molecular flexibility index (Phi) is 6.38. The molecule has 2 amide bonds. The highest BCUT2D eigenvalue weighted by atomic mass is 35.5. The van der Waals surface area contributed by atoms with Crippen LogP contribution in [0.1, 0.15) is 19.8 Å². The molecule has 2 aliphatic heterocycles. The molecule has 2 fully saturated rings. The summed E-state index contributed by atoms with van der Waals surface area (Å²) in [6.07, 6.45) is 0.817. The smallest absolute Gasteiger partial charge is 0.263 e. The second kappa shape index (κ2) is 8.73. The maximum atomic E-state index is 12.6. The van der Waals surface area contributed by atoms with Gasteiger partial charge >= 0.3 is 0 Å². The van der Waals surface area contributed by atoms with E-state index in [0.29, 0.717) is 63.0 Å². The minimum Gasteiger partial charge on any atom is -0.481 e. The van der Waals surface area contributed by atoms with E-state index in [9.17, 15) is 9.59 Å². The maximum absolute atomic E-state index is 12.6. The molecule has 0 aliphatic carbocycles. The molecule has 2 heterocycles. The highest BCUT2D eigenvalue weighted by Crippen LogP contribution is 2.23. The lowest BCUT2D eigenvalue weighted by Crippen LogP contribution is -2.49. The first kappa shape index (κ1) is 19.0. The van der Waals surface area contributed by atoms with E-state index in [1.165, 1.54) is 0 Å². The van der Waals surface area contributed by atoms with Gasteiger partial charge in [0.25, 0.3) is 5.91 Å². The van der Waals surface area contributed by atoms with Gasteiger partial charge in [-0.25, -0.2) is 0 Å². The van der Waals surface area contributed by atoms with Gasteiger partial charge in [0.1, 0.15) is 5.75 Å². The molecule has 1 aromatic rings. The predicted octanol–water partition coefficient (Wildman–Crippen LogP) is 2.20. The number of benzene rings is 1. The topological polar surface area (TPSA) is 59.1 Å². The van der Waals surface area contributed by atoms with Crippen molar-refractivity contribution in [2.24, 2.45) is 5.92 Å². The third-order valence-corrected chi connectivity index (χ3v) is 5.17. The van der Waals surface area contributed by atoms with Crippen LogP contribution in [0.2, 0.25) is 5.02 Å². The van der Waals surface area contributed by atoms with E-state index in [-0.39, 0.29) is 17.7 Å². The van der Waals surface area contributed by atoms with Crippen molar-refractivity contribution in [3.05, 3.63) is 29.3 Å². The van der Waals surface area contributed by atoms with Crippen molar-refractivity contribution in [1.82, 2.24) is 9.80 Å². The van der Waals surface area contributed by atoms with Crippen molar-refractivity contribution in [3.63, 3.8) is 0 Å². The molecule has 7 heteroatoms. The van der Waals surface area contributed by atoms with Gasteiger partial charge in [0.05, 0.1) is 13.2 Å². The molecule has 2 saturated heterocycles. The molecule has 0 spiro atoms. The fourth-order valence-electron chi connectivity index (χ4n) is 3.44. The van der Waals surface area contributed by atoms with E-state index in [1.54, 1.807) is 36.1 Å². The van der Waals surface area contributed by atoms with Crippen molar-refractivity contribution >= 4 is 23.4 Å². The Morgan fingerprint density at radius 3 is 2.50 bits per heavy atom. The summed E-state index contributed by atoms with van der Waals surface area (Å²) in [5, 5.41) is 0.574. The van der Waals surface area contributed by atoms with Gasteiger partial charge in [-0.1, -0.05) is 17.7 Å². The summed E-state index contributed by atoms with van der Waals surface area (Å²) in [5.74, 6) is 0.725. The Labute approximate surface area is 159 Å². The molecule has 0 bridgehead atoms. The number of ether oxygens (including phenoxy) is 2. The van der Waals surface area contributed by atoms with E-state index in [1.807, 2.05) is 4.90 Å². The maximum Gasteiger partial charge on any atom is 0.263 e. The zero-order valence-corrected chi connectivity index (χ0v) is 15.8. The van der Waals surface area contributed by atoms with Crippen LogP contribution in [0.5, 0.6) is 5.75 Å². The second-order valence-corrected chi connectivity index (χ2v) is 7.19. The number of hydrogen-bond acceptors (Lipinski definition) is 4. The summed E-state index contributed by atoms with van der Waals surface area (Å²) < 4.78 is 11.0. The summed E-state index contributed by atoms with van der Waals surface area (Å²) in [4.78, 5) is 28.9. The number of hydrogen-bond donors (Lipinski definition) is 0. The van der Waals surface area contributed by atoms with Crippen molar-refractivity contribution in [3.8, 4) is 5.75 Å². The van der Waals surface area contributed by atoms with E-state index in [4.69, 9.17) is 21.1 Å². The Bertz CT molecular complexity index is 640. The van der Waals surface area contributed by atoms with Crippen LogP contribution in [-0.2, 0) is 14.3 Å². The van der Waals surface area contributed by atoms with Gasteiger partial charge in [-0.2, -0.15) is 0 Å². The third kappa shape index (κ3) is 4.68. The van der Waals surface area contributed by atoms with Gasteiger partial charge in [0.15, 0.2) is 6.10 Å². The standard InChI is InChI=1S/C19H25ClN2O4/c1-14(26-17-4-2-3-16(20)13-17)18(23)21-7-5-15(6-8-21)19(24)22-9-11-25-12-10-22/h2-4,13-15H,5-12H2,1H3. The summed E-state index contributed by atoms with van der Waals surface area (Å²) in [6.45, 7) is 5.48. The van der Waals surface area contributed by atoms with Gasteiger partial charge in [-0.05, 0) is 38.0 Å². The minimum atomic E-state index is -0.583. The molecule has 142 valence electrons. The molecule has 1 aromatic carbocycles. The molecule has 26 heavy (non-hydrogen) atoms. The van der Waals surface area contributed by atoms with Crippen LogP contribution in [0.15, 0.2) is 24.3 Å². The van der Waals surface area contributed by atoms with Crippen LogP contribution in [0.4, 0.5) is 0 Å². The Morgan fingerprint density at radius 1 is 1.15 bits per heavy atom. The molecule has 2 aliphatic rings. The highest BCUT2D eigenvalue weighted by Gasteiger charge is 2.32. The number of piperidine rings is 1. The summed E-state index contributed by atoms with van der Waals surface area (Å²) in [5.41, 5.74) is 0. The molecule has 0 aromatic heterocycles. The molecule has 0 N–H and O–H groups in total. The Morgan fingerprint density at radius 2 is 1.85 bits per heavy atom. The first-order valence-corrected chi connectivity index (χ1v) is 9.50. The molecule has 0 saturated carbocycles. The molecule has 1 atom stereocenters. The van der Waals surface area contributed by atoms with Gasteiger partial charge in [-0.3, -0.25) is 9.59 Å². The summed E-state index contributed by atoms with van der Waals surface area (Å²) in [7, 11) is 0. The van der Waals surface area contributed by atoms with Crippen molar-refractivity contribution < 1.29 is 19.1 Å². The van der Waals surface area contributed by atoms with Crippen LogP contribution in [0.25, 0.3) is 0 Å². The lowest BCUT2D eigenvalue weighted by atomic mass is 9.95. The predicted molar refractivity (Wildman–Crippen MR) is 98.2 cm³/mol. The van der Waals surface area contributed by atoms with Crippen molar-refractivity contribution in [2.75, 3.05) is 39.4 Å². The van der Waals surface area contributed by atoms with Gasteiger partial charge in [0.2, 0.25) is 5.91 Å². The number of halogens is 1. The zero-order valence-electron chi connectivity index (χ0n) is 15.0. The number of rotatable bonds is 4. The number of carbonyl (C=O) groups excluding carboxylic acids is 2. The van der Waals surface area contributed by atoms with Crippen LogP contribution < -0.4 is 4.74 Å². The van der Waals surface area contributed by atoms with Crippen molar-refractivity contribution in [1.29, 1.82) is 0 Å². The molecular weight excluding hydrogens is 356 g/mol. The first-order chi connectivity index (χ1) is 12.5. The monoisotopic (exact) mass is 380 g/mol. The van der Waals surface area contributed by atoms with Crippen LogP contribution >= 0.6 is 11.6 Å². The SMILES string of the molecule is CC(Oc1cccc(Cl)c1)C(=O)N1CCC(C(=O)N2CCOCC2)CC1. The number of carbonyl (C=O) groups is 2. The second-order valence-electron chi connectivity index (χ2n) is 6.75. The minimum absolute atomic E-state index is 0.00121. The van der Waals surface area contributed by atoms with Gasteiger partial charge in [0, 0.05) is 37.1 Å². The quantitative estimate of drug-likeness (QED) is 0.803. The molecule has 0 radical (unpaired) electrons. The Balaban J connectivity index is 1.49. The van der Waals surface area contributed by atoms with Crippen LogP contribution in [-0.4, -0.2) is 67.1 Å². The lowest BCUT2D eigenvalue weighted by Gasteiger charge is -2.36. The molecule has 6 nitrogen and oxygen atoms in total. The van der Waals surface area contributed by atoms with Gasteiger partial charge in [-0.15, -0.1) is 0 Å². The molecule has 1 unspecified atom stereocenters. The van der Waals surface area contributed by atoms with Crippen LogP contribution in [0.3, 0.4) is 0 Å². The zero-order chi connectivity index (χ0) is 18.5. The number of likely N-dealkylation sites (tertiary alicyclic amines) is 1. The largest absolute Gasteiger partial charge is 0.481 e. The van der Waals surface area contributed by atoms with E-state index >= 15 is 0 Å². The third-order valence-electron chi connectivity index (χ3n) is 4.94. The van der Waals surface area contributed by atoms with Gasteiger partial charge < -0.3 is 19.3 Å². The Hall–Kier alpha value is -1.79. The molecule has 3 rings (SSSR count). The van der Waals surface area contributed by atoms with E-state index in [0.717, 1.165) is 0 Å². The normalized spacial score (nSPS) is 19.9. The summed E-state index contributed by atoms with van der Waals surface area (Å²) in [6, 6.07) is 7.02. The fourth-order valence-corrected chi connectivity index (χ4v) is 3.62. The first-order valence-electron chi connectivity index (χ1n) is 9.12. The van der Waals surface area contributed by atoms with E-state index in [2.05, 4.69) is 0 Å². The average molecular weight is 381 g/mol. The number of amides is 2. The summed E-state index contributed by atoms with van der Waals surface area (Å²) >= 11 is 5.95. The number of morpholine rings is 1. The lowest BCUT2D eigenvalue weighted by molar-refractivity contribution is -0.145. The molecular formula is C19H25ClN2O4.